The minimum Gasteiger partial charge on any atom is -0.345 e. The van der Waals surface area contributed by atoms with E-state index < -0.39 is 0 Å². The summed E-state index contributed by atoms with van der Waals surface area (Å²) in [4.78, 5) is 14.0. The van der Waals surface area contributed by atoms with Crippen LogP contribution in [0.1, 0.15) is 64.8 Å². The van der Waals surface area contributed by atoms with Crippen LogP contribution in [0.5, 0.6) is 0 Å². The van der Waals surface area contributed by atoms with Crippen molar-refractivity contribution in [3.05, 3.63) is 34.5 Å². The van der Waals surface area contributed by atoms with Gasteiger partial charge in [0, 0.05) is 10.9 Å². The normalized spacial score (nSPS) is 15.2. The zero-order valence-corrected chi connectivity index (χ0v) is 16.2. The standard InChI is InChI=1S/C17H22N8OS/c1-11-12(2)27-17(25-10-20-22-23-25)15(11)16(26)18-8-14-21-19-9-24(14)13-6-4-3-5-7-13/h9-10,13H,3-8H2,1-2H3,(H,18,26). The molecule has 1 N–H and O–H groups in total. The molecule has 1 aliphatic rings. The Bertz CT molecular complexity index is 923. The van der Waals surface area contributed by atoms with Crippen molar-refractivity contribution in [2.45, 2.75) is 58.5 Å². The molecule has 0 aromatic carbocycles. The van der Waals surface area contributed by atoms with Crippen LogP contribution >= 0.6 is 11.3 Å². The maximum atomic E-state index is 12.9. The zero-order chi connectivity index (χ0) is 18.8. The molecule has 10 heteroatoms. The Kier molecular flexibility index (Phi) is 4.97. The van der Waals surface area contributed by atoms with Crippen LogP contribution in [0, 0.1) is 13.8 Å². The van der Waals surface area contributed by atoms with E-state index in [0.29, 0.717) is 18.2 Å². The van der Waals surface area contributed by atoms with Gasteiger partial charge in [-0.1, -0.05) is 19.3 Å². The molecule has 3 heterocycles. The monoisotopic (exact) mass is 386 g/mol. The van der Waals surface area contributed by atoms with Crippen LogP contribution in [0.25, 0.3) is 5.00 Å². The highest BCUT2D eigenvalue weighted by Gasteiger charge is 2.23. The van der Waals surface area contributed by atoms with E-state index in [-0.39, 0.29) is 5.91 Å². The second-order valence-corrected chi connectivity index (χ2v) is 8.05. The van der Waals surface area contributed by atoms with Gasteiger partial charge in [-0.15, -0.1) is 26.6 Å². The highest BCUT2D eigenvalue weighted by molar-refractivity contribution is 7.15. The summed E-state index contributed by atoms with van der Waals surface area (Å²) in [6.45, 7) is 4.28. The predicted octanol–water partition coefficient (Wildman–Crippen LogP) is 2.37. The van der Waals surface area contributed by atoms with Gasteiger partial charge in [0.15, 0.2) is 5.82 Å². The van der Waals surface area contributed by atoms with Crippen LogP contribution in [0.4, 0.5) is 0 Å². The number of nitrogens with one attached hydrogen (secondary N) is 1. The molecule has 142 valence electrons. The lowest BCUT2D eigenvalue weighted by Gasteiger charge is -2.24. The largest absolute Gasteiger partial charge is 0.345 e. The van der Waals surface area contributed by atoms with Gasteiger partial charge < -0.3 is 9.88 Å². The molecule has 3 aromatic rings. The van der Waals surface area contributed by atoms with Crippen molar-refractivity contribution in [1.82, 2.24) is 40.3 Å². The number of amides is 1. The minimum atomic E-state index is -0.152. The second-order valence-electron chi connectivity index (χ2n) is 6.85. The number of nitrogens with zero attached hydrogens (tertiary/aromatic N) is 7. The van der Waals surface area contributed by atoms with E-state index in [1.165, 1.54) is 41.6 Å². The molecule has 1 amide bonds. The third kappa shape index (κ3) is 3.48. The highest BCUT2D eigenvalue weighted by atomic mass is 32.1. The van der Waals surface area contributed by atoms with Crippen molar-refractivity contribution in [3.8, 4) is 5.00 Å². The summed E-state index contributed by atoms with van der Waals surface area (Å²) in [5, 5.41) is 23.3. The summed E-state index contributed by atoms with van der Waals surface area (Å²) in [6, 6.07) is 0.433. The SMILES string of the molecule is Cc1sc(-n2cnnn2)c(C(=O)NCc2nncn2C2CCCCC2)c1C. The molecule has 1 aliphatic carbocycles. The highest BCUT2D eigenvalue weighted by Crippen LogP contribution is 2.31. The Morgan fingerprint density at radius 2 is 2.04 bits per heavy atom. The first-order valence-electron chi connectivity index (χ1n) is 9.15. The van der Waals surface area contributed by atoms with Crippen molar-refractivity contribution < 1.29 is 4.79 Å². The molecule has 0 atom stereocenters. The lowest BCUT2D eigenvalue weighted by Crippen LogP contribution is -2.27. The first-order chi connectivity index (χ1) is 13.1. The first kappa shape index (κ1) is 17.8. The summed E-state index contributed by atoms with van der Waals surface area (Å²) < 4.78 is 3.65. The van der Waals surface area contributed by atoms with Crippen LogP contribution < -0.4 is 5.32 Å². The number of tetrazole rings is 1. The third-order valence-electron chi connectivity index (χ3n) is 5.17. The van der Waals surface area contributed by atoms with Gasteiger partial charge in [-0.25, -0.2) is 0 Å². The molecule has 0 saturated heterocycles. The molecular formula is C17H22N8OS. The summed E-state index contributed by atoms with van der Waals surface area (Å²) in [7, 11) is 0. The molecule has 0 spiro atoms. The topological polar surface area (TPSA) is 103 Å². The number of thiophene rings is 1. The number of hydrogen-bond donors (Lipinski definition) is 1. The fraction of sp³-hybridized carbons (Fsp3) is 0.529. The van der Waals surface area contributed by atoms with Gasteiger partial charge in [-0.2, -0.15) is 4.68 Å². The lowest BCUT2D eigenvalue weighted by atomic mass is 9.95. The van der Waals surface area contributed by atoms with Gasteiger partial charge in [-0.3, -0.25) is 4.79 Å². The smallest absolute Gasteiger partial charge is 0.255 e. The maximum absolute atomic E-state index is 12.9. The van der Waals surface area contributed by atoms with E-state index in [0.717, 1.165) is 34.1 Å². The van der Waals surface area contributed by atoms with Crippen molar-refractivity contribution in [2.24, 2.45) is 0 Å². The van der Waals surface area contributed by atoms with Gasteiger partial charge in [0.2, 0.25) is 0 Å². The Morgan fingerprint density at radius 1 is 1.22 bits per heavy atom. The molecule has 27 heavy (non-hydrogen) atoms. The van der Waals surface area contributed by atoms with Crippen molar-refractivity contribution in [3.63, 3.8) is 0 Å². The van der Waals surface area contributed by atoms with Crippen molar-refractivity contribution >= 4 is 17.2 Å². The van der Waals surface area contributed by atoms with Gasteiger partial charge in [0.05, 0.1) is 12.1 Å². The van der Waals surface area contributed by atoms with Gasteiger partial charge in [0.25, 0.3) is 5.91 Å². The van der Waals surface area contributed by atoms with Gasteiger partial charge in [-0.05, 0) is 42.7 Å². The van der Waals surface area contributed by atoms with E-state index >= 15 is 0 Å². The molecule has 0 bridgehead atoms. The quantitative estimate of drug-likeness (QED) is 0.722. The summed E-state index contributed by atoms with van der Waals surface area (Å²) in [5.41, 5.74) is 1.55. The summed E-state index contributed by atoms with van der Waals surface area (Å²) in [5.74, 6) is 0.643. The molecule has 0 radical (unpaired) electrons. The molecule has 1 saturated carbocycles. The number of aryl methyl sites for hydroxylation is 1. The van der Waals surface area contributed by atoms with Crippen LogP contribution in [-0.2, 0) is 6.54 Å². The number of rotatable bonds is 5. The van der Waals surface area contributed by atoms with E-state index in [2.05, 4.69) is 35.6 Å². The Balaban J connectivity index is 1.52. The molecule has 0 aliphatic heterocycles. The fourth-order valence-corrected chi connectivity index (χ4v) is 4.67. The second kappa shape index (κ2) is 7.55. The zero-order valence-electron chi connectivity index (χ0n) is 15.4. The fourth-order valence-electron chi connectivity index (χ4n) is 3.60. The first-order valence-corrected chi connectivity index (χ1v) is 9.96. The predicted molar refractivity (Wildman–Crippen MR) is 99.8 cm³/mol. The number of carbonyl (C=O) groups is 1. The Hall–Kier alpha value is -2.62. The molecule has 1 fully saturated rings. The van der Waals surface area contributed by atoms with E-state index in [1.54, 1.807) is 6.33 Å². The number of hydrogen-bond acceptors (Lipinski definition) is 7. The summed E-state index contributed by atoms with van der Waals surface area (Å²) in [6.07, 6.45) is 9.33. The number of aromatic nitrogens is 7. The van der Waals surface area contributed by atoms with Crippen molar-refractivity contribution in [1.29, 1.82) is 0 Å². The van der Waals surface area contributed by atoms with Crippen LogP contribution in [0.3, 0.4) is 0 Å². The van der Waals surface area contributed by atoms with Gasteiger partial charge in [0.1, 0.15) is 17.7 Å². The number of carbonyl (C=O) groups excluding carboxylic acids is 1. The van der Waals surface area contributed by atoms with E-state index in [9.17, 15) is 4.79 Å². The Morgan fingerprint density at radius 3 is 2.78 bits per heavy atom. The Labute approximate surface area is 160 Å². The third-order valence-corrected chi connectivity index (χ3v) is 6.37. The van der Waals surface area contributed by atoms with Crippen LogP contribution in [0.15, 0.2) is 12.7 Å². The molecule has 3 aromatic heterocycles. The molecule has 9 nitrogen and oxygen atoms in total. The lowest BCUT2D eigenvalue weighted by molar-refractivity contribution is 0.0948. The van der Waals surface area contributed by atoms with Crippen molar-refractivity contribution in [2.75, 3.05) is 0 Å². The average molecular weight is 386 g/mol. The van der Waals surface area contributed by atoms with Gasteiger partial charge >= 0.3 is 0 Å². The molecule has 0 unspecified atom stereocenters. The minimum absolute atomic E-state index is 0.152. The molecular weight excluding hydrogens is 364 g/mol. The molecule has 4 rings (SSSR count). The van der Waals surface area contributed by atoms with E-state index in [1.807, 2.05) is 13.8 Å². The van der Waals surface area contributed by atoms with E-state index in [4.69, 9.17) is 0 Å². The maximum Gasteiger partial charge on any atom is 0.255 e. The van der Waals surface area contributed by atoms with Crippen LogP contribution in [0.2, 0.25) is 0 Å². The van der Waals surface area contributed by atoms with Crippen LogP contribution in [-0.4, -0.2) is 40.9 Å². The summed E-state index contributed by atoms with van der Waals surface area (Å²) >= 11 is 1.50. The average Bonchev–Trinajstić information content (AvgIpc) is 3.42.